The lowest BCUT2D eigenvalue weighted by Crippen LogP contribution is -2.31. The van der Waals surface area contributed by atoms with Gasteiger partial charge in [-0.1, -0.05) is 37.3 Å². The van der Waals surface area contributed by atoms with Crippen LogP contribution in [0.15, 0.2) is 32.5 Å². The number of anilines is 1. The number of unbranched alkanes of at least 4 members (excludes halogenated alkanes) is 1. The van der Waals surface area contributed by atoms with Gasteiger partial charge in [0, 0.05) is 26.2 Å². The Morgan fingerprint density at radius 1 is 1.39 bits per heavy atom. The van der Waals surface area contributed by atoms with E-state index >= 15 is 0 Å². The lowest BCUT2D eigenvalue weighted by Gasteiger charge is -2.25. The van der Waals surface area contributed by atoms with E-state index in [-0.39, 0.29) is 23.6 Å². The number of furan rings is 1. The van der Waals surface area contributed by atoms with Crippen LogP contribution in [0.5, 0.6) is 0 Å². The Morgan fingerprint density at radius 3 is 2.74 bits per heavy atom. The SMILES string of the molecule is CCCCN(C)c1c(/C=C2\SC(=S)N(Cc3ccco3)C2=O)c(C)c(C#N)c(=O)n1C. The molecule has 0 saturated carbocycles. The summed E-state index contributed by atoms with van der Waals surface area (Å²) < 4.78 is 7.27. The molecule has 3 rings (SSSR count). The number of thioether (sulfide) groups is 1. The van der Waals surface area contributed by atoms with Gasteiger partial charge in [0.2, 0.25) is 0 Å². The van der Waals surface area contributed by atoms with Crippen LogP contribution in [0.4, 0.5) is 5.82 Å². The molecule has 1 fully saturated rings. The maximum atomic E-state index is 13.1. The molecule has 31 heavy (non-hydrogen) atoms. The average Bonchev–Trinajstić information content (AvgIpc) is 3.35. The van der Waals surface area contributed by atoms with Gasteiger partial charge in [0.15, 0.2) is 0 Å². The molecule has 162 valence electrons. The predicted molar refractivity (Wildman–Crippen MR) is 127 cm³/mol. The van der Waals surface area contributed by atoms with Gasteiger partial charge in [-0.05, 0) is 37.1 Å². The maximum Gasteiger partial charge on any atom is 0.270 e. The van der Waals surface area contributed by atoms with Crippen molar-refractivity contribution in [3.8, 4) is 6.07 Å². The number of rotatable bonds is 7. The van der Waals surface area contributed by atoms with E-state index < -0.39 is 0 Å². The van der Waals surface area contributed by atoms with Gasteiger partial charge in [-0.2, -0.15) is 5.26 Å². The van der Waals surface area contributed by atoms with Crippen LogP contribution in [0.1, 0.15) is 42.2 Å². The van der Waals surface area contributed by atoms with Crippen molar-refractivity contribution in [2.45, 2.75) is 33.2 Å². The Morgan fingerprint density at radius 2 is 2.13 bits per heavy atom. The Kier molecular flexibility index (Phi) is 7.03. The fraction of sp³-hybridized carbons (Fsp3) is 0.364. The molecule has 0 spiro atoms. The number of nitriles is 1. The van der Waals surface area contributed by atoms with E-state index in [1.807, 2.05) is 18.0 Å². The number of aromatic nitrogens is 1. The summed E-state index contributed by atoms with van der Waals surface area (Å²) in [5.41, 5.74) is 0.962. The number of thiocarbonyl (C=S) groups is 1. The zero-order valence-electron chi connectivity index (χ0n) is 18.0. The molecular weight excluding hydrogens is 432 g/mol. The molecule has 0 unspecified atom stereocenters. The minimum absolute atomic E-state index is 0.0763. The van der Waals surface area contributed by atoms with Gasteiger partial charge in [-0.15, -0.1) is 0 Å². The van der Waals surface area contributed by atoms with Crippen LogP contribution < -0.4 is 10.5 Å². The molecule has 2 aromatic heterocycles. The third-order valence-electron chi connectivity index (χ3n) is 5.22. The summed E-state index contributed by atoms with van der Waals surface area (Å²) >= 11 is 6.63. The van der Waals surface area contributed by atoms with Gasteiger partial charge in [0.25, 0.3) is 11.5 Å². The Labute approximate surface area is 190 Å². The minimum atomic E-state index is -0.346. The summed E-state index contributed by atoms with van der Waals surface area (Å²) in [6.07, 6.45) is 5.26. The highest BCUT2D eigenvalue weighted by molar-refractivity contribution is 8.26. The van der Waals surface area contributed by atoms with Crippen molar-refractivity contribution in [1.82, 2.24) is 9.47 Å². The Balaban J connectivity index is 2.09. The predicted octanol–water partition coefficient (Wildman–Crippen LogP) is 3.80. The molecule has 1 aliphatic heterocycles. The molecule has 3 heterocycles. The molecule has 9 heteroatoms. The van der Waals surface area contributed by atoms with Gasteiger partial charge in [0.1, 0.15) is 27.5 Å². The first-order valence-electron chi connectivity index (χ1n) is 9.92. The van der Waals surface area contributed by atoms with Crippen molar-refractivity contribution in [1.29, 1.82) is 5.26 Å². The van der Waals surface area contributed by atoms with Gasteiger partial charge >= 0.3 is 0 Å². The minimum Gasteiger partial charge on any atom is -0.467 e. The van der Waals surface area contributed by atoms with Crippen LogP contribution in [-0.4, -0.2) is 33.3 Å². The standard InChI is InChI=1S/C22H24N4O3S2/c1-5-6-9-24(3)19-16(14(2)17(12-23)20(27)25(19)4)11-18-21(28)26(22(30)31-18)13-15-8-7-10-29-15/h7-8,10-11H,5-6,9,13H2,1-4H3/b18-11-. The second-order valence-electron chi connectivity index (χ2n) is 7.34. The third kappa shape index (κ3) is 4.45. The van der Waals surface area contributed by atoms with Crippen LogP contribution in [0.2, 0.25) is 0 Å². The first-order chi connectivity index (χ1) is 14.8. The summed E-state index contributed by atoms with van der Waals surface area (Å²) in [7, 11) is 3.56. The van der Waals surface area contributed by atoms with Crippen LogP contribution in [-0.2, 0) is 18.4 Å². The third-order valence-corrected chi connectivity index (χ3v) is 6.60. The second-order valence-corrected chi connectivity index (χ2v) is 9.01. The van der Waals surface area contributed by atoms with Crippen molar-refractivity contribution < 1.29 is 9.21 Å². The van der Waals surface area contributed by atoms with E-state index in [0.29, 0.717) is 31.9 Å². The fourth-order valence-corrected chi connectivity index (χ4v) is 4.74. The number of pyridine rings is 1. The van der Waals surface area contributed by atoms with E-state index in [1.165, 1.54) is 21.2 Å². The van der Waals surface area contributed by atoms with Gasteiger partial charge in [-0.25, -0.2) is 0 Å². The number of carbonyl (C=O) groups is 1. The molecular formula is C22H24N4O3S2. The van der Waals surface area contributed by atoms with Crippen molar-refractivity contribution in [2.24, 2.45) is 7.05 Å². The topological polar surface area (TPSA) is 82.5 Å². The van der Waals surface area contributed by atoms with E-state index in [9.17, 15) is 14.9 Å². The molecule has 2 aromatic rings. The molecule has 0 bridgehead atoms. The number of amides is 1. The van der Waals surface area contributed by atoms with Gasteiger partial charge in [0.05, 0.1) is 17.7 Å². The maximum absolute atomic E-state index is 13.1. The molecule has 0 atom stereocenters. The summed E-state index contributed by atoms with van der Waals surface area (Å²) in [6, 6.07) is 5.57. The second kappa shape index (κ2) is 9.54. The molecule has 0 radical (unpaired) electrons. The Hall–Kier alpha value is -2.83. The molecule has 0 aliphatic carbocycles. The van der Waals surface area contributed by atoms with Gasteiger partial charge in [-0.3, -0.25) is 19.1 Å². The van der Waals surface area contributed by atoms with Crippen molar-refractivity contribution in [3.05, 3.63) is 56.1 Å². The van der Waals surface area contributed by atoms with Crippen molar-refractivity contribution in [2.75, 3.05) is 18.5 Å². The zero-order valence-corrected chi connectivity index (χ0v) is 19.6. The highest BCUT2D eigenvalue weighted by Gasteiger charge is 2.33. The summed E-state index contributed by atoms with van der Waals surface area (Å²) in [5.74, 6) is 1.09. The summed E-state index contributed by atoms with van der Waals surface area (Å²) in [5, 5.41) is 9.55. The largest absolute Gasteiger partial charge is 0.467 e. The van der Waals surface area contributed by atoms with Crippen LogP contribution >= 0.6 is 24.0 Å². The monoisotopic (exact) mass is 456 g/mol. The molecule has 0 N–H and O–H groups in total. The van der Waals surface area contributed by atoms with Crippen LogP contribution in [0, 0.1) is 18.3 Å². The number of hydrogen-bond donors (Lipinski definition) is 0. The lowest BCUT2D eigenvalue weighted by atomic mass is 10.0. The molecule has 1 amide bonds. The number of carbonyl (C=O) groups excluding carboxylic acids is 1. The Bertz CT molecular complexity index is 1140. The molecule has 1 saturated heterocycles. The average molecular weight is 457 g/mol. The fourth-order valence-electron chi connectivity index (χ4n) is 3.50. The zero-order chi connectivity index (χ0) is 22.7. The normalized spacial score (nSPS) is 15.1. The van der Waals surface area contributed by atoms with Gasteiger partial charge < -0.3 is 9.32 Å². The first kappa shape index (κ1) is 22.8. The van der Waals surface area contributed by atoms with E-state index in [1.54, 1.807) is 38.4 Å². The summed E-state index contributed by atoms with van der Waals surface area (Å²) in [6.45, 7) is 4.85. The smallest absolute Gasteiger partial charge is 0.270 e. The number of hydrogen-bond acceptors (Lipinski definition) is 7. The number of nitrogens with zero attached hydrogens (tertiary/aromatic N) is 4. The van der Waals surface area contributed by atoms with E-state index in [2.05, 4.69) is 6.92 Å². The van der Waals surface area contributed by atoms with Crippen LogP contribution in [0.3, 0.4) is 0 Å². The van der Waals surface area contributed by atoms with Crippen molar-refractivity contribution in [3.63, 3.8) is 0 Å². The van der Waals surface area contributed by atoms with Crippen LogP contribution in [0.25, 0.3) is 6.08 Å². The van der Waals surface area contributed by atoms with E-state index in [4.69, 9.17) is 16.6 Å². The molecule has 0 aromatic carbocycles. The lowest BCUT2D eigenvalue weighted by molar-refractivity contribution is -0.122. The summed E-state index contributed by atoms with van der Waals surface area (Å²) in [4.78, 5) is 29.8. The first-order valence-corrected chi connectivity index (χ1v) is 11.1. The quantitative estimate of drug-likeness (QED) is 0.463. The van der Waals surface area contributed by atoms with Crippen molar-refractivity contribution >= 4 is 46.1 Å². The highest BCUT2D eigenvalue weighted by atomic mass is 32.2. The highest BCUT2D eigenvalue weighted by Crippen LogP contribution is 2.36. The van der Waals surface area contributed by atoms with E-state index in [0.717, 1.165) is 19.4 Å². The molecule has 7 nitrogen and oxygen atoms in total. The molecule has 1 aliphatic rings.